The van der Waals surface area contributed by atoms with Crippen molar-refractivity contribution >= 4 is 0 Å². The summed E-state index contributed by atoms with van der Waals surface area (Å²) in [5.74, 6) is 0. The largest absolute Gasteiger partial charge is 3.00 e. The van der Waals surface area contributed by atoms with Crippen LogP contribution in [0.15, 0.2) is 41.5 Å². The normalized spacial score (nSPS) is 22.9. The summed E-state index contributed by atoms with van der Waals surface area (Å²) in [7, 11) is 0. The van der Waals surface area contributed by atoms with Gasteiger partial charge in [0.25, 0.3) is 0 Å². The van der Waals surface area contributed by atoms with E-state index in [0.29, 0.717) is 0 Å². The molecule has 0 heterocycles. The summed E-state index contributed by atoms with van der Waals surface area (Å²) < 4.78 is 6.26. The topological polar surface area (TPSA) is 9.23 Å². The minimum atomic E-state index is -0.182. The van der Waals surface area contributed by atoms with Crippen LogP contribution in [0.25, 0.3) is 0 Å². The molecule has 1 atom stereocenters. The van der Waals surface area contributed by atoms with Gasteiger partial charge in [-0.05, 0) is 30.8 Å². The van der Waals surface area contributed by atoms with Crippen molar-refractivity contribution < 1.29 is 51.3 Å². The SMILES string of the molecule is CCOC1(CC2=[C-]CC=C2)CC=CC=C1C(C)(C)C.[Cl-].[Cl-].[Ti+3]. The summed E-state index contributed by atoms with van der Waals surface area (Å²) in [5, 5.41) is 0. The van der Waals surface area contributed by atoms with Crippen LogP contribution in [0.3, 0.4) is 0 Å². The maximum atomic E-state index is 6.26. The van der Waals surface area contributed by atoms with E-state index in [9.17, 15) is 0 Å². The van der Waals surface area contributed by atoms with Gasteiger partial charge in [0.1, 0.15) is 0 Å². The Hall–Kier alpha value is 0.214. The van der Waals surface area contributed by atoms with Gasteiger partial charge in [-0.25, -0.2) is 11.6 Å². The van der Waals surface area contributed by atoms with Crippen molar-refractivity contribution in [1.29, 1.82) is 0 Å². The molecule has 2 aliphatic carbocycles. The predicted octanol–water partition coefficient (Wildman–Crippen LogP) is -1.22. The molecule has 0 N–H and O–H groups in total. The minimum absolute atomic E-state index is 0. The van der Waals surface area contributed by atoms with Crippen LogP contribution in [0.2, 0.25) is 0 Å². The number of rotatable bonds is 4. The zero-order valence-corrected chi connectivity index (χ0v) is 17.0. The van der Waals surface area contributed by atoms with E-state index in [0.717, 1.165) is 25.9 Å². The zero-order chi connectivity index (χ0) is 13.9. The third-order valence-electron chi connectivity index (χ3n) is 3.81. The van der Waals surface area contributed by atoms with Crippen LogP contribution in [0.5, 0.6) is 0 Å². The summed E-state index contributed by atoms with van der Waals surface area (Å²) in [6.07, 6.45) is 17.3. The number of halogens is 2. The van der Waals surface area contributed by atoms with Crippen LogP contribution in [-0.2, 0) is 26.5 Å². The fourth-order valence-corrected chi connectivity index (χ4v) is 3.13. The summed E-state index contributed by atoms with van der Waals surface area (Å²) in [6, 6.07) is 0. The fourth-order valence-electron chi connectivity index (χ4n) is 3.13. The van der Waals surface area contributed by atoms with Crippen LogP contribution < -0.4 is 24.8 Å². The van der Waals surface area contributed by atoms with Gasteiger partial charge in [-0.15, -0.1) is 6.42 Å². The van der Waals surface area contributed by atoms with Gasteiger partial charge < -0.3 is 29.6 Å². The second kappa shape index (κ2) is 10.2. The van der Waals surface area contributed by atoms with Crippen molar-refractivity contribution in [3.63, 3.8) is 0 Å². The predicted molar refractivity (Wildman–Crippen MR) is 80.8 cm³/mol. The van der Waals surface area contributed by atoms with Gasteiger partial charge >= 0.3 is 21.7 Å². The molecule has 2 aliphatic rings. The molecule has 121 valence electrons. The van der Waals surface area contributed by atoms with Crippen LogP contribution >= 0.6 is 0 Å². The van der Waals surface area contributed by atoms with Crippen molar-refractivity contribution in [3.05, 3.63) is 47.6 Å². The summed E-state index contributed by atoms with van der Waals surface area (Å²) in [6.45, 7) is 9.65. The van der Waals surface area contributed by atoms with Gasteiger partial charge in [-0.2, -0.15) is 6.08 Å². The first-order chi connectivity index (χ1) is 8.98. The minimum Gasteiger partial charge on any atom is -1.00 e. The summed E-state index contributed by atoms with van der Waals surface area (Å²) >= 11 is 0. The van der Waals surface area contributed by atoms with E-state index in [2.05, 4.69) is 64.2 Å². The van der Waals surface area contributed by atoms with Gasteiger partial charge in [-0.3, -0.25) is 6.08 Å². The van der Waals surface area contributed by atoms with Crippen molar-refractivity contribution in [2.45, 2.75) is 52.6 Å². The van der Waals surface area contributed by atoms with Crippen LogP contribution in [0.1, 0.15) is 47.0 Å². The quantitative estimate of drug-likeness (QED) is 0.442. The maximum absolute atomic E-state index is 6.26. The molecule has 0 saturated carbocycles. The molecule has 1 radical (unpaired) electrons. The molecule has 0 aromatic carbocycles. The van der Waals surface area contributed by atoms with E-state index in [4.69, 9.17) is 4.74 Å². The smallest absolute Gasteiger partial charge is 1.00 e. The molecule has 22 heavy (non-hydrogen) atoms. The molecule has 0 fully saturated rings. The van der Waals surface area contributed by atoms with E-state index in [1.807, 2.05) is 0 Å². The molecule has 0 spiro atoms. The summed E-state index contributed by atoms with van der Waals surface area (Å²) in [4.78, 5) is 0. The van der Waals surface area contributed by atoms with Crippen molar-refractivity contribution in [3.8, 4) is 0 Å². The average Bonchev–Trinajstić information content (AvgIpc) is 2.81. The number of hydrogen-bond acceptors (Lipinski definition) is 1. The Morgan fingerprint density at radius 1 is 1.23 bits per heavy atom. The van der Waals surface area contributed by atoms with Crippen LogP contribution in [0, 0.1) is 11.5 Å². The zero-order valence-electron chi connectivity index (χ0n) is 13.9. The van der Waals surface area contributed by atoms with E-state index in [1.54, 1.807) is 0 Å². The molecule has 2 rings (SSSR count). The van der Waals surface area contributed by atoms with Gasteiger partial charge in [0.2, 0.25) is 0 Å². The molecule has 1 unspecified atom stereocenters. The average molecular weight is 376 g/mol. The molecule has 0 amide bonds. The van der Waals surface area contributed by atoms with Gasteiger partial charge in [-0.1, -0.05) is 39.0 Å². The van der Waals surface area contributed by atoms with Crippen molar-refractivity contribution in [2.75, 3.05) is 6.61 Å². The molecule has 0 saturated heterocycles. The van der Waals surface area contributed by atoms with Gasteiger partial charge in [0, 0.05) is 6.61 Å². The third kappa shape index (κ3) is 5.69. The van der Waals surface area contributed by atoms with Crippen LogP contribution in [0.4, 0.5) is 0 Å². The molecular weight excluding hydrogens is 351 g/mol. The Morgan fingerprint density at radius 2 is 1.91 bits per heavy atom. The third-order valence-corrected chi connectivity index (χ3v) is 3.81. The monoisotopic (exact) mass is 375 g/mol. The molecule has 1 nitrogen and oxygen atoms in total. The Labute approximate surface area is 163 Å². The molecular formula is C18H25Cl2OTi. The second-order valence-corrected chi connectivity index (χ2v) is 6.38. The first-order valence-corrected chi connectivity index (χ1v) is 7.26. The standard InChI is InChI=1S/C18H25O.2ClH.Ti/c1-5-19-18(14-15-10-6-7-11-15)13-9-8-12-16(18)17(2,3)4;;;/h6,8-10,12H,5,7,13-14H2,1-4H3;2*1H;/q-1;;;+3/p-2. The number of ether oxygens (including phenoxy) is 1. The van der Waals surface area contributed by atoms with Crippen molar-refractivity contribution in [1.82, 2.24) is 0 Å². The molecule has 0 bridgehead atoms. The Kier molecular flexibility index (Phi) is 11.3. The summed E-state index contributed by atoms with van der Waals surface area (Å²) in [5.41, 5.74) is 2.64. The molecule has 0 aliphatic heterocycles. The fraction of sp³-hybridized carbons (Fsp3) is 0.556. The molecule has 0 aromatic rings. The van der Waals surface area contributed by atoms with Crippen LogP contribution in [-0.4, -0.2) is 12.2 Å². The first-order valence-electron chi connectivity index (χ1n) is 7.26. The maximum Gasteiger partial charge on any atom is 3.00 e. The number of hydrogen-bond donors (Lipinski definition) is 0. The van der Waals surface area contributed by atoms with Gasteiger partial charge in [0.15, 0.2) is 0 Å². The van der Waals surface area contributed by atoms with Crippen molar-refractivity contribution in [2.24, 2.45) is 5.41 Å². The van der Waals surface area contributed by atoms with Gasteiger partial charge in [0.05, 0.1) is 5.60 Å². The molecule has 4 heteroatoms. The van der Waals surface area contributed by atoms with E-state index < -0.39 is 0 Å². The van der Waals surface area contributed by atoms with E-state index in [1.165, 1.54) is 11.1 Å². The first kappa shape index (κ1) is 24.5. The Morgan fingerprint density at radius 3 is 2.41 bits per heavy atom. The number of allylic oxidation sites excluding steroid dienone is 5. The van der Waals surface area contributed by atoms with E-state index in [-0.39, 0.29) is 57.5 Å². The molecule has 0 aromatic heterocycles. The Balaban J connectivity index is 0. The second-order valence-electron chi connectivity index (χ2n) is 6.38. The van der Waals surface area contributed by atoms with E-state index >= 15 is 0 Å². The Bertz CT molecular complexity index is 458.